The second kappa shape index (κ2) is 10.8. The minimum Gasteiger partial charge on any atom is -0.292 e. The van der Waals surface area contributed by atoms with Crippen LogP contribution in [0.1, 0.15) is 45.7 Å². The summed E-state index contributed by atoms with van der Waals surface area (Å²) in [5, 5.41) is 0. The third-order valence-corrected chi connectivity index (χ3v) is 9.85. The first-order valence-corrected chi connectivity index (χ1v) is 15.1. The van der Waals surface area contributed by atoms with E-state index in [-0.39, 0.29) is 27.6 Å². The molecule has 0 aliphatic rings. The van der Waals surface area contributed by atoms with Crippen molar-refractivity contribution in [3.63, 3.8) is 0 Å². The first kappa shape index (κ1) is 28.9. The first-order valence-electron chi connectivity index (χ1n) is 12.2. The van der Waals surface area contributed by atoms with E-state index in [4.69, 9.17) is 0 Å². The summed E-state index contributed by atoms with van der Waals surface area (Å²) in [4.78, 5) is 26.0. The number of sulfone groups is 1. The molecule has 4 aromatic rings. The second-order valence-electron chi connectivity index (χ2n) is 9.69. The fourth-order valence-corrected chi connectivity index (χ4v) is 6.37. The van der Waals surface area contributed by atoms with Gasteiger partial charge in [-0.1, -0.05) is 48.0 Å². The van der Waals surface area contributed by atoms with Gasteiger partial charge in [-0.25, -0.2) is 12.7 Å². The van der Waals surface area contributed by atoms with Gasteiger partial charge in [0.15, 0.2) is 21.4 Å². The SMILES string of the molecule is Cc1ccc(S(=O)(=O)C(C)(C)C(=O)c2ccc(N(c3ccc(C(=O)c4ccccc4)cc3)S(=O)(=O)O)cc2)cc1. The molecular formula is C30H27NO7S2. The van der Waals surface area contributed by atoms with E-state index in [1.54, 1.807) is 42.5 Å². The lowest BCUT2D eigenvalue weighted by Gasteiger charge is -2.24. The molecule has 10 heteroatoms. The minimum absolute atomic E-state index is 0.000355. The molecule has 0 heterocycles. The van der Waals surface area contributed by atoms with Crippen molar-refractivity contribution in [2.24, 2.45) is 0 Å². The standard InChI is InChI=1S/C30H27NO7S2/c1-21-9-19-27(20-10-21)39(34,35)30(2,3)29(33)24-13-17-26(18-14-24)31(40(36,37)38)25-15-11-23(12-16-25)28(32)22-7-5-4-6-8-22/h4-20H,1-3H3,(H,36,37,38). The predicted molar refractivity (Wildman–Crippen MR) is 153 cm³/mol. The van der Waals surface area contributed by atoms with Gasteiger partial charge in [-0.2, -0.15) is 8.42 Å². The highest BCUT2D eigenvalue weighted by Gasteiger charge is 2.43. The topological polar surface area (TPSA) is 126 Å². The molecule has 8 nitrogen and oxygen atoms in total. The van der Waals surface area contributed by atoms with Gasteiger partial charge in [0.25, 0.3) is 0 Å². The van der Waals surface area contributed by atoms with Gasteiger partial charge in [0.05, 0.1) is 16.3 Å². The molecule has 0 fully saturated rings. The molecule has 0 aromatic heterocycles. The molecule has 0 spiro atoms. The van der Waals surface area contributed by atoms with Crippen LogP contribution >= 0.6 is 0 Å². The summed E-state index contributed by atoms with van der Waals surface area (Å²) in [6, 6.07) is 25.6. The zero-order valence-corrected chi connectivity index (χ0v) is 23.6. The van der Waals surface area contributed by atoms with Crippen LogP contribution in [0.2, 0.25) is 0 Å². The second-order valence-corrected chi connectivity index (χ2v) is 13.4. The van der Waals surface area contributed by atoms with Crippen molar-refractivity contribution in [3.05, 3.63) is 125 Å². The number of rotatable bonds is 9. The van der Waals surface area contributed by atoms with Crippen molar-refractivity contribution in [1.29, 1.82) is 0 Å². The number of carbonyl (C=O) groups excluding carboxylic acids is 2. The Hall–Kier alpha value is -4.12. The molecule has 4 rings (SSSR count). The summed E-state index contributed by atoms with van der Waals surface area (Å²) in [7, 11) is -8.86. The number of benzene rings is 4. The molecule has 0 radical (unpaired) electrons. The van der Waals surface area contributed by atoms with Crippen LogP contribution in [-0.2, 0) is 20.1 Å². The Kier molecular flexibility index (Phi) is 7.80. The first-order chi connectivity index (χ1) is 18.7. The third-order valence-electron chi connectivity index (χ3n) is 6.54. The Morgan fingerprint density at radius 1 is 0.650 bits per heavy atom. The molecular weight excluding hydrogens is 550 g/mol. The van der Waals surface area contributed by atoms with Gasteiger partial charge in [-0.05, 0) is 81.4 Å². The van der Waals surface area contributed by atoms with Crippen molar-refractivity contribution in [3.8, 4) is 0 Å². The van der Waals surface area contributed by atoms with Crippen LogP contribution < -0.4 is 4.31 Å². The number of aryl methyl sites for hydroxylation is 1. The maximum atomic E-state index is 13.3. The van der Waals surface area contributed by atoms with E-state index in [1.165, 1.54) is 74.5 Å². The van der Waals surface area contributed by atoms with Crippen molar-refractivity contribution in [1.82, 2.24) is 0 Å². The molecule has 0 amide bonds. The molecule has 0 aliphatic heterocycles. The molecule has 0 saturated heterocycles. The predicted octanol–water partition coefficient (Wildman–Crippen LogP) is 5.60. The van der Waals surface area contributed by atoms with E-state index < -0.39 is 30.7 Å². The Morgan fingerprint density at radius 2 is 1.10 bits per heavy atom. The maximum Gasteiger partial charge on any atom is 0.364 e. The van der Waals surface area contributed by atoms with Crippen molar-refractivity contribution in [2.75, 3.05) is 4.31 Å². The average Bonchev–Trinajstić information content (AvgIpc) is 2.93. The molecule has 0 saturated carbocycles. The van der Waals surface area contributed by atoms with E-state index in [2.05, 4.69) is 0 Å². The number of hydrogen-bond acceptors (Lipinski definition) is 6. The highest BCUT2D eigenvalue weighted by atomic mass is 32.2. The van der Waals surface area contributed by atoms with E-state index in [0.29, 0.717) is 15.4 Å². The zero-order chi connectivity index (χ0) is 29.3. The maximum absolute atomic E-state index is 13.3. The molecule has 0 unspecified atom stereocenters. The molecule has 1 N–H and O–H groups in total. The van der Waals surface area contributed by atoms with Gasteiger partial charge in [-0.15, -0.1) is 0 Å². The quantitative estimate of drug-likeness (QED) is 0.203. The summed E-state index contributed by atoms with van der Waals surface area (Å²) >= 11 is 0. The average molecular weight is 578 g/mol. The third kappa shape index (κ3) is 5.60. The Morgan fingerprint density at radius 3 is 1.57 bits per heavy atom. The summed E-state index contributed by atoms with van der Waals surface area (Å²) in [5.74, 6) is -0.932. The van der Waals surface area contributed by atoms with Crippen LogP contribution in [-0.4, -0.2) is 37.7 Å². The molecule has 40 heavy (non-hydrogen) atoms. The highest BCUT2D eigenvalue weighted by Crippen LogP contribution is 2.32. The molecule has 0 aliphatic carbocycles. The van der Waals surface area contributed by atoms with E-state index >= 15 is 0 Å². The monoisotopic (exact) mass is 577 g/mol. The van der Waals surface area contributed by atoms with Gasteiger partial charge in [-0.3, -0.25) is 14.1 Å². The van der Waals surface area contributed by atoms with E-state index in [9.17, 15) is 31.0 Å². The fourth-order valence-electron chi connectivity index (χ4n) is 4.15. The number of Topliss-reactive ketones (excluding diaryl/α,β-unsaturated/α-hetero) is 1. The van der Waals surface area contributed by atoms with Crippen LogP contribution in [0.3, 0.4) is 0 Å². The van der Waals surface area contributed by atoms with Gasteiger partial charge in [0.2, 0.25) is 0 Å². The number of ketones is 2. The van der Waals surface area contributed by atoms with Crippen LogP contribution in [0, 0.1) is 6.92 Å². The van der Waals surface area contributed by atoms with Crippen molar-refractivity contribution < 1.29 is 31.0 Å². The van der Waals surface area contributed by atoms with Gasteiger partial charge in [0.1, 0.15) is 4.75 Å². The van der Waals surface area contributed by atoms with Crippen LogP contribution in [0.5, 0.6) is 0 Å². The van der Waals surface area contributed by atoms with Gasteiger partial charge >= 0.3 is 10.3 Å². The summed E-state index contributed by atoms with van der Waals surface area (Å²) in [6.45, 7) is 4.46. The summed E-state index contributed by atoms with van der Waals surface area (Å²) in [5.41, 5.74) is 1.76. The van der Waals surface area contributed by atoms with Gasteiger partial charge < -0.3 is 0 Å². The van der Waals surface area contributed by atoms with E-state index in [1.807, 2.05) is 6.92 Å². The van der Waals surface area contributed by atoms with Crippen LogP contribution in [0.15, 0.2) is 108 Å². The Balaban J connectivity index is 1.63. The molecule has 0 atom stereocenters. The molecule has 4 aromatic carbocycles. The van der Waals surface area contributed by atoms with Crippen molar-refractivity contribution >= 4 is 43.1 Å². The normalized spacial score (nSPS) is 12.1. The van der Waals surface area contributed by atoms with Crippen molar-refractivity contribution in [2.45, 2.75) is 30.4 Å². The number of nitrogens with zero attached hydrogens (tertiary/aromatic N) is 1. The number of carbonyl (C=O) groups is 2. The molecule has 0 bridgehead atoms. The Bertz CT molecular complexity index is 1760. The number of hydrogen-bond donors (Lipinski definition) is 1. The minimum atomic E-state index is -4.81. The Labute approximate surface area is 233 Å². The largest absolute Gasteiger partial charge is 0.364 e. The molecule has 206 valence electrons. The number of anilines is 2. The lowest BCUT2D eigenvalue weighted by Crippen LogP contribution is -2.40. The fraction of sp³-hybridized carbons (Fsp3) is 0.133. The summed E-state index contributed by atoms with van der Waals surface area (Å²) in [6.07, 6.45) is 0. The van der Waals surface area contributed by atoms with Crippen LogP contribution in [0.25, 0.3) is 0 Å². The zero-order valence-electron chi connectivity index (χ0n) is 22.0. The van der Waals surface area contributed by atoms with Gasteiger partial charge in [0, 0.05) is 16.7 Å². The smallest absolute Gasteiger partial charge is 0.292 e. The van der Waals surface area contributed by atoms with Crippen LogP contribution in [0.4, 0.5) is 11.4 Å². The highest BCUT2D eigenvalue weighted by molar-refractivity contribution is 7.93. The van der Waals surface area contributed by atoms with E-state index in [0.717, 1.165) is 5.56 Å². The summed E-state index contributed by atoms with van der Waals surface area (Å²) < 4.78 is 60.0. The lowest BCUT2D eigenvalue weighted by atomic mass is 10.00. The lowest BCUT2D eigenvalue weighted by molar-refractivity contribution is 0.0953.